The lowest BCUT2D eigenvalue weighted by Crippen LogP contribution is -2.41. The number of anilines is 1. The first-order valence-electron chi connectivity index (χ1n) is 9.94. The minimum absolute atomic E-state index is 0.421. The van der Waals surface area contributed by atoms with Gasteiger partial charge in [0.15, 0.2) is 0 Å². The molecule has 3 rings (SSSR count). The van der Waals surface area contributed by atoms with Gasteiger partial charge >= 0.3 is 11.8 Å². The molecule has 0 bridgehead atoms. The van der Waals surface area contributed by atoms with Crippen molar-refractivity contribution in [2.45, 2.75) is 33.2 Å². The number of rotatable bonds is 5. The summed E-state index contributed by atoms with van der Waals surface area (Å²) in [4.78, 5) is 26.8. The topological polar surface area (TPSA) is 61.4 Å². The van der Waals surface area contributed by atoms with Crippen LogP contribution < -0.4 is 10.6 Å². The van der Waals surface area contributed by atoms with Crippen molar-refractivity contribution in [1.82, 2.24) is 10.2 Å². The van der Waals surface area contributed by atoms with Crippen LogP contribution in [0.1, 0.15) is 29.5 Å². The van der Waals surface area contributed by atoms with Gasteiger partial charge in [-0.2, -0.15) is 0 Å². The van der Waals surface area contributed by atoms with Gasteiger partial charge in [0, 0.05) is 18.8 Å². The van der Waals surface area contributed by atoms with Crippen LogP contribution in [0.3, 0.4) is 0 Å². The Kier molecular flexibility index (Phi) is 6.82. The summed E-state index contributed by atoms with van der Waals surface area (Å²) < 4.78 is 0. The molecule has 2 N–H and O–H groups in total. The molecule has 1 heterocycles. The summed E-state index contributed by atoms with van der Waals surface area (Å²) in [6.45, 7) is 7.43. The largest absolute Gasteiger partial charge is 0.348 e. The van der Waals surface area contributed by atoms with Crippen LogP contribution in [0.15, 0.2) is 48.5 Å². The fourth-order valence-corrected chi connectivity index (χ4v) is 3.56. The lowest BCUT2D eigenvalue weighted by atomic mass is 9.96. The summed E-state index contributed by atoms with van der Waals surface area (Å²) in [5.41, 5.74) is 4.01. The average molecular weight is 380 g/mol. The molecule has 5 nitrogen and oxygen atoms in total. The van der Waals surface area contributed by atoms with Crippen molar-refractivity contribution in [2.24, 2.45) is 5.92 Å². The van der Waals surface area contributed by atoms with Crippen molar-refractivity contribution >= 4 is 17.5 Å². The van der Waals surface area contributed by atoms with Gasteiger partial charge < -0.3 is 10.6 Å². The van der Waals surface area contributed by atoms with Gasteiger partial charge in [-0.15, -0.1) is 0 Å². The molecule has 2 aromatic carbocycles. The molecular formula is C23H29N3O2. The van der Waals surface area contributed by atoms with Crippen molar-refractivity contribution in [3.63, 3.8) is 0 Å². The number of hydrogen-bond acceptors (Lipinski definition) is 3. The van der Waals surface area contributed by atoms with Crippen LogP contribution in [0, 0.1) is 19.8 Å². The minimum Gasteiger partial charge on any atom is -0.348 e. The lowest BCUT2D eigenvalue weighted by Gasteiger charge is -2.32. The standard InChI is InChI=1S/C23H29N3O2/c1-17-8-9-18(2)21(14-17)25-23(28)22(27)24-15-19-10-12-26(13-11-19)16-20-6-4-3-5-7-20/h3-9,14,19H,10-13,15-16H2,1-2H3,(H,24,27)(H,25,28). The van der Waals surface area contributed by atoms with E-state index in [1.165, 1.54) is 5.56 Å². The van der Waals surface area contributed by atoms with E-state index in [2.05, 4.69) is 39.8 Å². The molecular weight excluding hydrogens is 350 g/mol. The summed E-state index contributed by atoms with van der Waals surface area (Å²) >= 11 is 0. The van der Waals surface area contributed by atoms with Crippen LogP contribution >= 0.6 is 0 Å². The second-order valence-corrected chi connectivity index (χ2v) is 7.69. The van der Waals surface area contributed by atoms with Gasteiger partial charge in [0.25, 0.3) is 0 Å². The third-order valence-electron chi connectivity index (χ3n) is 5.35. The van der Waals surface area contributed by atoms with Gasteiger partial charge in [0.1, 0.15) is 0 Å². The molecule has 5 heteroatoms. The Morgan fingerprint density at radius 1 is 1.00 bits per heavy atom. The van der Waals surface area contributed by atoms with Gasteiger partial charge in [-0.1, -0.05) is 42.5 Å². The summed E-state index contributed by atoms with van der Waals surface area (Å²) in [5.74, 6) is -0.743. The maximum Gasteiger partial charge on any atom is 0.313 e. The molecule has 0 aromatic heterocycles. The van der Waals surface area contributed by atoms with E-state index in [9.17, 15) is 9.59 Å². The number of hydrogen-bond donors (Lipinski definition) is 2. The van der Waals surface area contributed by atoms with Crippen molar-refractivity contribution in [3.05, 3.63) is 65.2 Å². The van der Waals surface area contributed by atoms with Gasteiger partial charge in [-0.25, -0.2) is 0 Å². The third kappa shape index (κ3) is 5.67. The highest BCUT2D eigenvalue weighted by Gasteiger charge is 2.21. The van der Waals surface area contributed by atoms with E-state index in [0.29, 0.717) is 18.2 Å². The Labute approximate surface area is 167 Å². The smallest absolute Gasteiger partial charge is 0.313 e. The first kappa shape index (κ1) is 20.1. The lowest BCUT2D eigenvalue weighted by molar-refractivity contribution is -0.136. The van der Waals surface area contributed by atoms with E-state index < -0.39 is 11.8 Å². The third-order valence-corrected chi connectivity index (χ3v) is 5.35. The normalized spacial score (nSPS) is 15.2. The Morgan fingerprint density at radius 3 is 2.43 bits per heavy atom. The first-order valence-corrected chi connectivity index (χ1v) is 9.94. The Balaban J connectivity index is 1.40. The molecule has 0 unspecified atom stereocenters. The van der Waals surface area contributed by atoms with Crippen LogP contribution in [0.25, 0.3) is 0 Å². The SMILES string of the molecule is Cc1ccc(C)c(NC(=O)C(=O)NCC2CCN(Cc3ccccc3)CC2)c1. The molecule has 0 aliphatic carbocycles. The summed E-state index contributed by atoms with van der Waals surface area (Å²) in [6.07, 6.45) is 2.07. The van der Waals surface area contributed by atoms with Crippen LogP contribution in [-0.2, 0) is 16.1 Å². The van der Waals surface area contributed by atoms with E-state index in [1.807, 2.05) is 38.1 Å². The molecule has 0 saturated carbocycles. The Morgan fingerprint density at radius 2 is 1.71 bits per heavy atom. The molecule has 28 heavy (non-hydrogen) atoms. The predicted octanol–water partition coefficient (Wildman–Crippen LogP) is 3.27. The highest BCUT2D eigenvalue weighted by atomic mass is 16.2. The van der Waals surface area contributed by atoms with Crippen LogP contribution in [-0.4, -0.2) is 36.3 Å². The Hall–Kier alpha value is -2.66. The number of likely N-dealkylation sites (tertiary alicyclic amines) is 1. The number of amides is 2. The van der Waals surface area contributed by atoms with Gasteiger partial charge in [-0.3, -0.25) is 14.5 Å². The van der Waals surface area contributed by atoms with E-state index in [0.717, 1.165) is 43.6 Å². The average Bonchev–Trinajstić information content (AvgIpc) is 2.70. The highest BCUT2D eigenvalue weighted by molar-refractivity contribution is 6.39. The van der Waals surface area contributed by atoms with Crippen molar-refractivity contribution in [1.29, 1.82) is 0 Å². The summed E-state index contributed by atoms with van der Waals surface area (Å²) in [7, 11) is 0. The van der Waals surface area contributed by atoms with Gasteiger partial charge in [-0.05, 0) is 68.5 Å². The monoisotopic (exact) mass is 379 g/mol. The molecule has 148 valence electrons. The molecule has 2 aromatic rings. The highest BCUT2D eigenvalue weighted by Crippen LogP contribution is 2.19. The molecule has 0 atom stereocenters. The zero-order chi connectivity index (χ0) is 19.9. The second-order valence-electron chi connectivity index (χ2n) is 7.69. The summed E-state index contributed by atoms with van der Waals surface area (Å²) in [6, 6.07) is 16.3. The number of carbonyl (C=O) groups excluding carboxylic acids is 2. The van der Waals surface area contributed by atoms with Gasteiger partial charge in [0.2, 0.25) is 0 Å². The number of piperidine rings is 1. The Bertz CT molecular complexity index is 812. The maximum absolute atomic E-state index is 12.2. The van der Waals surface area contributed by atoms with Crippen molar-refractivity contribution in [3.8, 4) is 0 Å². The quantitative estimate of drug-likeness (QED) is 0.784. The number of nitrogens with one attached hydrogen (secondary N) is 2. The van der Waals surface area contributed by atoms with Crippen molar-refractivity contribution < 1.29 is 9.59 Å². The molecule has 1 fully saturated rings. The molecule has 2 amide bonds. The zero-order valence-electron chi connectivity index (χ0n) is 16.7. The second kappa shape index (κ2) is 9.51. The molecule has 1 aliphatic heterocycles. The minimum atomic E-state index is -0.602. The number of nitrogens with zero attached hydrogens (tertiary/aromatic N) is 1. The fourth-order valence-electron chi connectivity index (χ4n) is 3.56. The molecule has 0 radical (unpaired) electrons. The van der Waals surface area contributed by atoms with E-state index in [-0.39, 0.29) is 0 Å². The van der Waals surface area contributed by atoms with Crippen LogP contribution in [0.5, 0.6) is 0 Å². The number of carbonyl (C=O) groups is 2. The summed E-state index contributed by atoms with van der Waals surface area (Å²) in [5, 5.41) is 5.52. The predicted molar refractivity (Wildman–Crippen MR) is 112 cm³/mol. The maximum atomic E-state index is 12.2. The van der Waals surface area contributed by atoms with Crippen LogP contribution in [0.4, 0.5) is 5.69 Å². The fraction of sp³-hybridized carbons (Fsp3) is 0.391. The van der Waals surface area contributed by atoms with Crippen LogP contribution in [0.2, 0.25) is 0 Å². The van der Waals surface area contributed by atoms with Crippen molar-refractivity contribution in [2.75, 3.05) is 25.0 Å². The van der Waals surface area contributed by atoms with E-state index in [4.69, 9.17) is 0 Å². The van der Waals surface area contributed by atoms with Gasteiger partial charge in [0.05, 0.1) is 0 Å². The first-order chi connectivity index (χ1) is 13.5. The number of aryl methyl sites for hydroxylation is 2. The molecule has 1 aliphatic rings. The number of benzene rings is 2. The molecule has 1 saturated heterocycles. The molecule has 0 spiro atoms. The zero-order valence-corrected chi connectivity index (χ0v) is 16.7. The van der Waals surface area contributed by atoms with E-state index >= 15 is 0 Å². The van der Waals surface area contributed by atoms with E-state index in [1.54, 1.807) is 0 Å².